The first-order chi connectivity index (χ1) is 14.9. The van der Waals surface area contributed by atoms with Crippen LogP contribution >= 0.6 is 0 Å². The van der Waals surface area contributed by atoms with E-state index in [9.17, 15) is 29.2 Å². The Hall–Kier alpha value is -4.33. The highest BCUT2D eigenvalue weighted by Crippen LogP contribution is 2.42. The molecule has 0 radical (unpaired) electrons. The minimum absolute atomic E-state index is 0.158. The lowest BCUT2D eigenvalue weighted by atomic mass is 9.95. The second kappa shape index (κ2) is 7.83. The summed E-state index contributed by atoms with van der Waals surface area (Å²) in [4.78, 5) is 37.5. The molecule has 7 nitrogen and oxygen atoms in total. The molecule has 31 heavy (non-hydrogen) atoms. The molecule has 8 heteroatoms. The first kappa shape index (κ1) is 20.0. The van der Waals surface area contributed by atoms with Crippen molar-refractivity contribution >= 4 is 28.8 Å². The van der Waals surface area contributed by atoms with Crippen molar-refractivity contribution in [3.8, 4) is 0 Å². The fourth-order valence-electron chi connectivity index (χ4n) is 3.55. The molecular weight excluding hydrogens is 403 g/mol. The number of aliphatic hydroxyl groups is 1. The molecule has 1 atom stereocenters. The monoisotopic (exact) mass is 418 g/mol. The average Bonchev–Trinajstić information content (AvgIpc) is 3.05. The quantitative estimate of drug-likeness (QED) is 0.223. The van der Waals surface area contributed by atoms with E-state index in [-0.39, 0.29) is 22.7 Å². The van der Waals surface area contributed by atoms with E-state index in [4.69, 9.17) is 0 Å². The number of ketones is 1. The molecule has 3 aromatic rings. The molecule has 1 aliphatic heterocycles. The van der Waals surface area contributed by atoms with Gasteiger partial charge in [0.2, 0.25) is 0 Å². The number of nitro benzene ring substituents is 1. The van der Waals surface area contributed by atoms with Gasteiger partial charge in [-0.3, -0.25) is 24.6 Å². The van der Waals surface area contributed by atoms with E-state index in [2.05, 4.69) is 0 Å². The lowest BCUT2D eigenvalue weighted by Crippen LogP contribution is -2.29. The van der Waals surface area contributed by atoms with Gasteiger partial charge in [0.25, 0.3) is 17.4 Å². The van der Waals surface area contributed by atoms with Crippen LogP contribution in [0, 0.1) is 15.9 Å². The number of non-ortho nitro benzene ring substituents is 1. The van der Waals surface area contributed by atoms with Crippen molar-refractivity contribution < 1.29 is 24.0 Å². The van der Waals surface area contributed by atoms with Crippen LogP contribution in [0.5, 0.6) is 0 Å². The summed E-state index contributed by atoms with van der Waals surface area (Å²) in [6.45, 7) is 0. The predicted molar refractivity (Wildman–Crippen MR) is 111 cm³/mol. The predicted octanol–water partition coefficient (Wildman–Crippen LogP) is 4.36. The zero-order valence-corrected chi connectivity index (χ0v) is 15.9. The molecule has 3 aromatic carbocycles. The highest BCUT2D eigenvalue weighted by Gasteiger charge is 2.47. The lowest BCUT2D eigenvalue weighted by molar-refractivity contribution is -0.384. The summed E-state index contributed by atoms with van der Waals surface area (Å²) in [5, 5.41) is 21.9. The van der Waals surface area contributed by atoms with Crippen LogP contribution in [0.3, 0.4) is 0 Å². The van der Waals surface area contributed by atoms with Gasteiger partial charge in [-0.05, 0) is 42.0 Å². The molecule has 1 N–H and O–H groups in total. The number of carbonyl (C=O) groups is 2. The first-order valence-electron chi connectivity index (χ1n) is 9.25. The maximum Gasteiger partial charge on any atom is 0.300 e. The van der Waals surface area contributed by atoms with Crippen LogP contribution in [0.1, 0.15) is 17.2 Å². The van der Waals surface area contributed by atoms with Gasteiger partial charge in [0.15, 0.2) is 0 Å². The number of nitro groups is 1. The van der Waals surface area contributed by atoms with Crippen molar-refractivity contribution in [2.24, 2.45) is 0 Å². The fourth-order valence-corrected chi connectivity index (χ4v) is 3.55. The Morgan fingerprint density at radius 3 is 2.13 bits per heavy atom. The molecule has 1 heterocycles. The van der Waals surface area contributed by atoms with Gasteiger partial charge in [-0.15, -0.1) is 0 Å². The number of nitrogens with zero attached hydrogens (tertiary/aromatic N) is 2. The van der Waals surface area contributed by atoms with Crippen LogP contribution in [0.25, 0.3) is 5.76 Å². The summed E-state index contributed by atoms with van der Waals surface area (Å²) in [5.41, 5.74) is 0.650. The summed E-state index contributed by atoms with van der Waals surface area (Å²) >= 11 is 0. The van der Waals surface area contributed by atoms with Crippen molar-refractivity contribution in [1.82, 2.24) is 0 Å². The second-order valence-corrected chi connectivity index (χ2v) is 6.86. The van der Waals surface area contributed by atoms with Gasteiger partial charge in [0.1, 0.15) is 11.6 Å². The number of hydrogen-bond donors (Lipinski definition) is 1. The largest absolute Gasteiger partial charge is 0.507 e. The number of hydrogen-bond acceptors (Lipinski definition) is 5. The topological polar surface area (TPSA) is 101 Å². The number of carbonyl (C=O) groups excluding carboxylic acids is 2. The Kier molecular flexibility index (Phi) is 5.04. The van der Waals surface area contributed by atoms with Gasteiger partial charge >= 0.3 is 0 Å². The lowest BCUT2D eigenvalue weighted by Gasteiger charge is -2.25. The number of halogens is 1. The molecule has 1 aliphatic rings. The number of benzene rings is 3. The number of rotatable bonds is 4. The molecular formula is C23H15FN2O5. The number of Topliss-reactive ketones (excluding diaryl/α,β-unsaturated/α-hetero) is 1. The summed E-state index contributed by atoms with van der Waals surface area (Å²) in [6.07, 6.45) is 0. The second-order valence-electron chi connectivity index (χ2n) is 6.86. The molecule has 1 saturated heterocycles. The van der Waals surface area contributed by atoms with Crippen molar-refractivity contribution in [2.45, 2.75) is 6.04 Å². The summed E-state index contributed by atoms with van der Waals surface area (Å²) in [7, 11) is 0. The summed E-state index contributed by atoms with van der Waals surface area (Å²) in [5.74, 6) is -2.69. The third-order valence-electron chi connectivity index (χ3n) is 5.02. The van der Waals surface area contributed by atoms with Gasteiger partial charge in [-0.2, -0.15) is 0 Å². The number of amides is 1. The smallest absolute Gasteiger partial charge is 0.300 e. The minimum Gasteiger partial charge on any atom is -0.507 e. The Balaban J connectivity index is 1.93. The SMILES string of the molecule is O=C1C(=O)N(c2ccc(F)cc2)[C@@H](c2ccc([N+](=O)[O-])cc2)C1=C(O)c1ccccc1. The van der Waals surface area contributed by atoms with Crippen LogP contribution in [0.4, 0.5) is 15.8 Å². The molecule has 1 fully saturated rings. The van der Waals surface area contributed by atoms with Gasteiger partial charge < -0.3 is 5.11 Å². The fraction of sp³-hybridized carbons (Fsp3) is 0.0435. The zero-order valence-electron chi connectivity index (χ0n) is 15.9. The number of aliphatic hydroxyl groups excluding tert-OH is 1. The van der Waals surface area contributed by atoms with E-state index in [1.165, 1.54) is 36.4 Å². The Bertz CT molecular complexity index is 1200. The van der Waals surface area contributed by atoms with E-state index < -0.39 is 28.5 Å². The van der Waals surface area contributed by atoms with Gasteiger partial charge in [-0.1, -0.05) is 30.3 Å². The highest BCUT2D eigenvalue weighted by molar-refractivity contribution is 6.51. The summed E-state index contributed by atoms with van der Waals surface area (Å²) < 4.78 is 13.4. The molecule has 0 unspecified atom stereocenters. The normalized spacial score (nSPS) is 17.7. The zero-order chi connectivity index (χ0) is 22.1. The number of anilines is 1. The Labute approximate surface area is 175 Å². The molecule has 4 rings (SSSR count). The molecule has 0 spiro atoms. The van der Waals surface area contributed by atoms with E-state index in [0.29, 0.717) is 11.1 Å². The van der Waals surface area contributed by atoms with Gasteiger partial charge in [0, 0.05) is 23.4 Å². The van der Waals surface area contributed by atoms with E-state index in [0.717, 1.165) is 17.0 Å². The van der Waals surface area contributed by atoms with Gasteiger partial charge in [0.05, 0.1) is 16.5 Å². The van der Waals surface area contributed by atoms with Crippen molar-refractivity contribution in [3.63, 3.8) is 0 Å². The standard InChI is InChI=1S/C23H15FN2O5/c24-16-8-12-17(13-9-16)25-20(14-6-10-18(11-7-14)26(30)31)19(22(28)23(25)29)21(27)15-4-2-1-3-5-15/h1-13,20,27H/t20-/m0/s1. The van der Waals surface area contributed by atoms with Crippen molar-refractivity contribution in [3.05, 3.63) is 111 Å². The third-order valence-corrected chi connectivity index (χ3v) is 5.02. The highest BCUT2D eigenvalue weighted by atomic mass is 19.1. The van der Waals surface area contributed by atoms with E-state index in [1.54, 1.807) is 30.3 Å². The first-order valence-corrected chi connectivity index (χ1v) is 9.25. The van der Waals surface area contributed by atoms with Gasteiger partial charge in [-0.25, -0.2) is 4.39 Å². The molecule has 1 amide bonds. The average molecular weight is 418 g/mol. The van der Waals surface area contributed by atoms with E-state index in [1.807, 2.05) is 0 Å². The van der Waals surface area contributed by atoms with Crippen LogP contribution in [0.15, 0.2) is 84.4 Å². The molecule has 0 aliphatic carbocycles. The van der Waals surface area contributed by atoms with Crippen LogP contribution in [-0.2, 0) is 9.59 Å². The third kappa shape index (κ3) is 3.55. The van der Waals surface area contributed by atoms with Crippen LogP contribution in [-0.4, -0.2) is 21.7 Å². The van der Waals surface area contributed by atoms with Crippen molar-refractivity contribution in [2.75, 3.05) is 4.90 Å². The van der Waals surface area contributed by atoms with Crippen LogP contribution in [0.2, 0.25) is 0 Å². The Morgan fingerprint density at radius 2 is 1.55 bits per heavy atom. The Morgan fingerprint density at radius 1 is 0.935 bits per heavy atom. The molecule has 154 valence electrons. The van der Waals surface area contributed by atoms with Crippen LogP contribution < -0.4 is 4.90 Å². The maximum absolute atomic E-state index is 13.4. The molecule has 0 aromatic heterocycles. The molecule has 0 bridgehead atoms. The summed E-state index contributed by atoms with van der Waals surface area (Å²) in [6, 6.07) is 17.6. The maximum atomic E-state index is 13.4. The van der Waals surface area contributed by atoms with E-state index >= 15 is 0 Å². The molecule has 0 saturated carbocycles. The minimum atomic E-state index is -1.05. The van der Waals surface area contributed by atoms with Crippen molar-refractivity contribution in [1.29, 1.82) is 0 Å².